The molecule has 6 heteroatoms. The number of sulfone groups is 1. The van der Waals surface area contributed by atoms with E-state index in [0.29, 0.717) is 13.0 Å². The van der Waals surface area contributed by atoms with Crippen LogP contribution in [-0.4, -0.2) is 55.0 Å². The van der Waals surface area contributed by atoms with Gasteiger partial charge in [-0.3, -0.25) is 9.69 Å². The Kier molecular flexibility index (Phi) is 7.51. The van der Waals surface area contributed by atoms with Crippen LogP contribution in [0.15, 0.2) is 0 Å². The fraction of sp³-hybridized carbons (Fsp3) is 0.929. The van der Waals surface area contributed by atoms with Gasteiger partial charge >= 0.3 is 5.97 Å². The van der Waals surface area contributed by atoms with Crippen molar-refractivity contribution in [2.45, 2.75) is 57.9 Å². The maximum absolute atomic E-state index is 11.5. The molecule has 0 bridgehead atoms. The van der Waals surface area contributed by atoms with Gasteiger partial charge in [-0.1, -0.05) is 39.0 Å². The van der Waals surface area contributed by atoms with Crippen molar-refractivity contribution in [2.24, 2.45) is 0 Å². The molecule has 118 valence electrons. The highest BCUT2D eigenvalue weighted by Gasteiger charge is 2.32. The molecule has 0 saturated carbocycles. The van der Waals surface area contributed by atoms with Gasteiger partial charge in [0.1, 0.15) is 0 Å². The van der Waals surface area contributed by atoms with Gasteiger partial charge in [-0.05, 0) is 19.4 Å². The number of nitrogens with zero attached hydrogens (tertiary/aromatic N) is 1. The van der Waals surface area contributed by atoms with Crippen molar-refractivity contribution in [3.8, 4) is 0 Å². The van der Waals surface area contributed by atoms with Gasteiger partial charge in [-0.15, -0.1) is 0 Å². The number of carbonyl (C=O) groups is 1. The Hall–Kier alpha value is -0.620. The fourth-order valence-corrected chi connectivity index (χ4v) is 4.48. The zero-order chi connectivity index (χ0) is 15.0. The van der Waals surface area contributed by atoms with Crippen molar-refractivity contribution in [2.75, 3.05) is 24.6 Å². The lowest BCUT2D eigenvalue weighted by Gasteiger charge is -2.26. The minimum absolute atomic E-state index is 0.0465. The Labute approximate surface area is 122 Å². The number of carboxylic acid groups (broad SMARTS) is 1. The SMILES string of the molecule is CCCCCCCCN(CC(=O)O)C1CCS(=O)(=O)C1. The second-order valence-corrected chi connectivity index (χ2v) is 7.92. The highest BCUT2D eigenvalue weighted by Crippen LogP contribution is 2.18. The van der Waals surface area contributed by atoms with Gasteiger partial charge < -0.3 is 5.11 Å². The Bertz CT molecular complexity index is 394. The predicted octanol–water partition coefficient (Wildman–Crippen LogP) is 1.92. The zero-order valence-corrected chi connectivity index (χ0v) is 13.2. The van der Waals surface area contributed by atoms with E-state index in [1.807, 2.05) is 4.90 Å². The lowest BCUT2D eigenvalue weighted by Crippen LogP contribution is -2.40. The molecule has 1 atom stereocenters. The van der Waals surface area contributed by atoms with Crippen molar-refractivity contribution in [1.29, 1.82) is 0 Å². The van der Waals surface area contributed by atoms with Gasteiger partial charge in [-0.2, -0.15) is 0 Å². The molecule has 1 N–H and O–H groups in total. The average Bonchev–Trinajstić information content (AvgIpc) is 2.72. The van der Waals surface area contributed by atoms with E-state index in [9.17, 15) is 13.2 Å². The van der Waals surface area contributed by atoms with E-state index in [1.165, 1.54) is 25.7 Å². The molecule has 0 amide bonds. The lowest BCUT2D eigenvalue weighted by atomic mass is 10.1. The molecular weight excluding hydrogens is 278 g/mol. The first kappa shape index (κ1) is 17.4. The van der Waals surface area contributed by atoms with Crippen LogP contribution in [-0.2, 0) is 14.6 Å². The summed E-state index contributed by atoms with van der Waals surface area (Å²) in [6, 6.07) is -0.105. The predicted molar refractivity (Wildman–Crippen MR) is 79.6 cm³/mol. The third-order valence-corrected chi connectivity index (χ3v) is 5.61. The molecular formula is C14H27NO4S. The van der Waals surface area contributed by atoms with Crippen LogP contribution < -0.4 is 0 Å². The maximum atomic E-state index is 11.5. The molecule has 1 aliphatic rings. The standard InChI is InChI=1S/C14H27NO4S/c1-2-3-4-5-6-7-9-15(11-14(16)17)13-8-10-20(18,19)12-13/h13H,2-12H2,1H3,(H,16,17). The number of hydrogen-bond donors (Lipinski definition) is 1. The topological polar surface area (TPSA) is 74.7 Å². The highest BCUT2D eigenvalue weighted by atomic mass is 32.2. The smallest absolute Gasteiger partial charge is 0.317 e. The van der Waals surface area contributed by atoms with Crippen molar-refractivity contribution in [3.05, 3.63) is 0 Å². The zero-order valence-electron chi connectivity index (χ0n) is 12.4. The van der Waals surface area contributed by atoms with E-state index in [2.05, 4.69) is 6.92 Å². The number of rotatable bonds is 10. The molecule has 0 spiro atoms. The molecule has 20 heavy (non-hydrogen) atoms. The van der Waals surface area contributed by atoms with Gasteiger partial charge in [0.2, 0.25) is 0 Å². The quantitative estimate of drug-likeness (QED) is 0.624. The highest BCUT2D eigenvalue weighted by molar-refractivity contribution is 7.91. The van der Waals surface area contributed by atoms with Gasteiger partial charge in [-0.25, -0.2) is 8.42 Å². The van der Waals surface area contributed by atoms with E-state index in [4.69, 9.17) is 5.11 Å². The number of hydrogen-bond acceptors (Lipinski definition) is 4. The number of aliphatic carboxylic acids is 1. The first-order chi connectivity index (χ1) is 9.44. The third-order valence-electron chi connectivity index (χ3n) is 3.86. The molecule has 1 fully saturated rings. The van der Waals surface area contributed by atoms with Crippen molar-refractivity contribution < 1.29 is 18.3 Å². The fourth-order valence-electron chi connectivity index (χ4n) is 2.72. The maximum Gasteiger partial charge on any atom is 0.317 e. The van der Waals surface area contributed by atoms with E-state index in [1.54, 1.807) is 0 Å². The van der Waals surface area contributed by atoms with E-state index in [0.717, 1.165) is 12.8 Å². The van der Waals surface area contributed by atoms with E-state index in [-0.39, 0.29) is 24.1 Å². The number of carboxylic acids is 1. The molecule has 0 aromatic rings. The summed E-state index contributed by atoms with van der Waals surface area (Å²) in [5.74, 6) is -0.555. The van der Waals surface area contributed by atoms with Crippen molar-refractivity contribution >= 4 is 15.8 Å². The van der Waals surface area contributed by atoms with Gasteiger partial charge in [0.25, 0.3) is 0 Å². The van der Waals surface area contributed by atoms with Crippen molar-refractivity contribution in [3.63, 3.8) is 0 Å². The molecule has 0 aromatic carbocycles. The van der Waals surface area contributed by atoms with Crippen molar-refractivity contribution in [1.82, 2.24) is 4.90 Å². The molecule has 0 radical (unpaired) electrons. The first-order valence-corrected chi connectivity index (χ1v) is 9.43. The minimum Gasteiger partial charge on any atom is -0.480 e. The minimum atomic E-state index is -2.95. The monoisotopic (exact) mass is 305 g/mol. The van der Waals surface area contributed by atoms with Crippen LogP contribution in [0, 0.1) is 0 Å². The molecule has 0 aliphatic carbocycles. The van der Waals surface area contributed by atoms with Crippen LogP contribution in [0.2, 0.25) is 0 Å². The van der Waals surface area contributed by atoms with Crippen LogP contribution >= 0.6 is 0 Å². The number of unbranched alkanes of at least 4 members (excludes halogenated alkanes) is 5. The van der Waals surface area contributed by atoms with Crippen LogP contribution in [0.4, 0.5) is 0 Å². The van der Waals surface area contributed by atoms with E-state index < -0.39 is 15.8 Å². The summed E-state index contributed by atoms with van der Waals surface area (Å²) in [5, 5.41) is 8.96. The summed E-state index contributed by atoms with van der Waals surface area (Å²) in [7, 11) is -2.95. The summed E-state index contributed by atoms with van der Waals surface area (Å²) in [4.78, 5) is 12.8. The molecule has 0 aromatic heterocycles. The largest absolute Gasteiger partial charge is 0.480 e. The Balaban J connectivity index is 2.35. The molecule has 1 heterocycles. The second-order valence-electron chi connectivity index (χ2n) is 5.69. The summed E-state index contributed by atoms with van der Waals surface area (Å²) in [6.07, 6.45) is 7.49. The van der Waals surface area contributed by atoms with Gasteiger partial charge in [0.05, 0.1) is 18.1 Å². The van der Waals surface area contributed by atoms with Gasteiger partial charge in [0, 0.05) is 6.04 Å². The summed E-state index contributed by atoms with van der Waals surface area (Å²) < 4.78 is 23.0. The summed E-state index contributed by atoms with van der Waals surface area (Å²) in [6.45, 7) is 2.82. The molecule has 1 aliphatic heterocycles. The van der Waals surface area contributed by atoms with Crippen LogP contribution in [0.3, 0.4) is 0 Å². The Morgan fingerprint density at radius 1 is 1.20 bits per heavy atom. The first-order valence-electron chi connectivity index (χ1n) is 7.61. The summed E-state index contributed by atoms with van der Waals surface area (Å²) >= 11 is 0. The molecule has 1 rings (SSSR count). The van der Waals surface area contributed by atoms with E-state index >= 15 is 0 Å². The Morgan fingerprint density at radius 3 is 2.40 bits per heavy atom. The Morgan fingerprint density at radius 2 is 1.85 bits per heavy atom. The van der Waals surface area contributed by atoms with Crippen LogP contribution in [0.1, 0.15) is 51.9 Å². The molecule has 1 saturated heterocycles. The average molecular weight is 305 g/mol. The summed E-state index contributed by atoms with van der Waals surface area (Å²) in [5.41, 5.74) is 0. The molecule has 1 unspecified atom stereocenters. The van der Waals surface area contributed by atoms with Gasteiger partial charge in [0.15, 0.2) is 9.84 Å². The third kappa shape index (κ3) is 6.70. The normalized spacial score (nSPS) is 21.4. The lowest BCUT2D eigenvalue weighted by molar-refractivity contribution is -0.138. The van der Waals surface area contributed by atoms with Crippen LogP contribution in [0.5, 0.6) is 0 Å². The molecule has 5 nitrogen and oxygen atoms in total. The second kappa shape index (κ2) is 8.62. The van der Waals surface area contributed by atoms with Crippen LogP contribution in [0.25, 0.3) is 0 Å².